The van der Waals surface area contributed by atoms with E-state index in [0.717, 1.165) is 0 Å². The molecule has 0 radical (unpaired) electrons. The van der Waals surface area contributed by atoms with Crippen LogP contribution < -0.4 is 15.0 Å². The summed E-state index contributed by atoms with van der Waals surface area (Å²) in [4.78, 5) is 12.2. The number of hydrogen-bond acceptors (Lipinski definition) is 5. The minimum Gasteiger partial charge on any atom is -0.497 e. The van der Waals surface area contributed by atoms with Crippen LogP contribution in [0.2, 0.25) is 0 Å². The number of nitrogens with zero attached hydrogens (tertiary/aromatic N) is 3. The monoisotopic (exact) mass is 362 g/mol. The third-order valence-corrected chi connectivity index (χ3v) is 5.15. The quantitative estimate of drug-likeness (QED) is 0.740. The van der Waals surface area contributed by atoms with E-state index in [9.17, 15) is 13.2 Å². The highest BCUT2D eigenvalue weighted by molar-refractivity contribution is 7.92. The zero-order valence-corrected chi connectivity index (χ0v) is 14.9. The van der Waals surface area contributed by atoms with Crippen LogP contribution in [0.3, 0.4) is 0 Å². The molecule has 0 saturated carbocycles. The second-order valence-corrected chi connectivity index (χ2v) is 7.15. The van der Waals surface area contributed by atoms with Crippen LogP contribution in [0.5, 0.6) is 5.75 Å². The van der Waals surface area contributed by atoms with Gasteiger partial charge >= 0.3 is 0 Å². The molecule has 25 heavy (non-hydrogen) atoms. The van der Waals surface area contributed by atoms with E-state index in [1.807, 2.05) is 6.92 Å². The lowest BCUT2D eigenvalue weighted by Crippen LogP contribution is -2.23. The second-order valence-electron chi connectivity index (χ2n) is 5.47. The van der Waals surface area contributed by atoms with Gasteiger partial charge in [-0.1, -0.05) is 13.0 Å². The third kappa shape index (κ3) is 3.10. The number of rotatable bonds is 5. The topological polar surface area (TPSA) is 94.7 Å². The summed E-state index contributed by atoms with van der Waals surface area (Å²) in [6.07, 6.45) is 1.97. The summed E-state index contributed by atoms with van der Waals surface area (Å²) in [5, 5.41) is 4.16. The molecule has 0 saturated heterocycles. The predicted octanol–water partition coefficient (Wildman–Crippen LogP) is 1.40. The first-order valence-corrected chi connectivity index (χ1v) is 9.09. The van der Waals surface area contributed by atoms with Gasteiger partial charge in [0.25, 0.3) is 15.6 Å². The van der Waals surface area contributed by atoms with Gasteiger partial charge in [0.15, 0.2) is 0 Å². The Hall–Kier alpha value is -2.81. The highest BCUT2D eigenvalue weighted by Crippen LogP contribution is 2.21. The number of hydrogen-bond donors (Lipinski definition) is 1. The maximum Gasteiger partial charge on any atom is 0.290 e. The standard InChI is InChI=1S/C16H18N4O4S/c1-4-15-17-19(2)16(21)14-9-13(10-20(14)15)25(22,23)18-11-6-5-7-12(8-11)24-3/h5-10,18H,4H2,1-3H3. The van der Waals surface area contributed by atoms with Gasteiger partial charge in [0.05, 0.1) is 12.8 Å². The van der Waals surface area contributed by atoms with E-state index in [2.05, 4.69) is 9.82 Å². The minimum absolute atomic E-state index is 0.00452. The summed E-state index contributed by atoms with van der Waals surface area (Å²) in [6.45, 7) is 1.88. The molecule has 3 rings (SSSR count). The van der Waals surface area contributed by atoms with E-state index >= 15 is 0 Å². The molecule has 0 fully saturated rings. The molecule has 0 atom stereocenters. The van der Waals surface area contributed by atoms with E-state index in [1.165, 1.54) is 35.5 Å². The lowest BCUT2D eigenvalue weighted by molar-refractivity contribution is 0.415. The molecule has 2 aromatic heterocycles. The van der Waals surface area contributed by atoms with E-state index in [1.54, 1.807) is 24.3 Å². The number of benzene rings is 1. The van der Waals surface area contributed by atoms with Crippen molar-refractivity contribution in [3.8, 4) is 5.75 Å². The summed E-state index contributed by atoms with van der Waals surface area (Å²) in [5.74, 6) is 1.13. The fraction of sp³-hybridized carbons (Fsp3) is 0.250. The molecule has 0 unspecified atom stereocenters. The van der Waals surface area contributed by atoms with E-state index < -0.39 is 10.0 Å². The van der Waals surface area contributed by atoms with Crippen molar-refractivity contribution in [1.82, 2.24) is 14.2 Å². The molecular formula is C16H18N4O4S. The Labute approximate surface area is 144 Å². The molecule has 0 amide bonds. The number of aryl methyl sites for hydroxylation is 2. The Kier molecular flexibility index (Phi) is 4.25. The van der Waals surface area contributed by atoms with Gasteiger partial charge in [-0.05, 0) is 18.2 Å². The highest BCUT2D eigenvalue weighted by Gasteiger charge is 2.20. The van der Waals surface area contributed by atoms with Gasteiger partial charge in [0.1, 0.15) is 22.0 Å². The van der Waals surface area contributed by atoms with Crippen molar-refractivity contribution in [2.24, 2.45) is 7.05 Å². The molecule has 0 aliphatic rings. The van der Waals surface area contributed by atoms with Crippen molar-refractivity contribution in [3.63, 3.8) is 0 Å². The second kappa shape index (κ2) is 6.25. The average molecular weight is 362 g/mol. The number of aromatic nitrogens is 3. The number of methoxy groups -OCH3 is 1. The summed E-state index contributed by atoms with van der Waals surface area (Å²) in [5.41, 5.74) is 0.275. The lowest BCUT2D eigenvalue weighted by atomic mass is 10.3. The zero-order valence-electron chi connectivity index (χ0n) is 14.1. The fourth-order valence-electron chi connectivity index (χ4n) is 2.54. The third-order valence-electron chi connectivity index (χ3n) is 3.80. The van der Waals surface area contributed by atoms with Crippen molar-refractivity contribution >= 4 is 21.2 Å². The molecule has 9 heteroatoms. The first-order valence-electron chi connectivity index (χ1n) is 7.61. The number of anilines is 1. The Morgan fingerprint density at radius 1 is 1.28 bits per heavy atom. The average Bonchev–Trinajstić information content (AvgIpc) is 3.04. The van der Waals surface area contributed by atoms with Gasteiger partial charge in [-0.2, -0.15) is 5.10 Å². The van der Waals surface area contributed by atoms with E-state index in [-0.39, 0.29) is 16.0 Å². The van der Waals surface area contributed by atoms with E-state index in [0.29, 0.717) is 23.7 Å². The van der Waals surface area contributed by atoms with Crippen molar-refractivity contribution in [2.75, 3.05) is 11.8 Å². The van der Waals surface area contributed by atoms with Crippen LogP contribution in [0.4, 0.5) is 5.69 Å². The molecule has 0 bridgehead atoms. The summed E-state index contributed by atoms with van der Waals surface area (Å²) in [6, 6.07) is 7.94. The van der Waals surface area contributed by atoms with Crippen molar-refractivity contribution < 1.29 is 13.2 Å². The lowest BCUT2D eigenvalue weighted by Gasteiger charge is -2.07. The van der Waals surface area contributed by atoms with Gasteiger partial charge in [0, 0.05) is 25.7 Å². The SMILES string of the molecule is CCc1nn(C)c(=O)c2cc(S(=O)(=O)Nc3cccc(OC)c3)cn12. The normalized spacial score (nSPS) is 11.6. The smallest absolute Gasteiger partial charge is 0.290 e. The van der Waals surface area contributed by atoms with Gasteiger partial charge < -0.3 is 4.74 Å². The minimum atomic E-state index is -3.86. The van der Waals surface area contributed by atoms with Crippen LogP contribution >= 0.6 is 0 Å². The molecule has 132 valence electrons. The maximum absolute atomic E-state index is 12.7. The molecule has 1 N–H and O–H groups in total. The Morgan fingerprint density at radius 3 is 2.72 bits per heavy atom. The van der Waals surface area contributed by atoms with Crippen molar-refractivity contribution in [3.05, 3.63) is 52.7 Å². The van der Waals surface area contributed by atoms with Crippen LogP contribution in [0, 0.1) is 0 Å². The molecule has 8 nitrogen and oxygen atoms in total. The van der Waals surface area contributed by atoms with Crippen molar-refractivity contribution in [1.29, 1.82) is 0 Å². The van der Waals surface area contributed by atoms with Gasteiger partial charge in [-0.25, -0.2) is 13.1 Å². The van der Waals surface area contributed by atoms with Crippen LogP contribution in [0.25, 0.3) is 5.52 Å². The molecule has 2 heterocycles. The van der Waals surface area contributed by atoms with Crippen LogP contribution in [-0.2, 0) is 23.5 Å². The van der Waals surface area contributed by atoms with Gasteiger partial charge in [0.2, 0.25) is 0 Å². The number of ether oxygens (including phenoxy) is 1. The van der Waals surface area contributed by atoms with Gasteiger partial charge in [-0.15, -0.1) is 0 Å². The number of nitrogens with one attached hydrogen (secondary N) is 1. The zero-order chi connectivity index (χ0) is 18.2. The largest absolute Gasteiger partial charge is 0.497 e. The molecule has 0 aliphatic heterocycles. The highest BCUT2D eigenvalue weighted by atomic mass is 32.2. The van der Waals surface area contributed by atoms with E-state index in [4.69, 9.17) is 4.74 Å². The predicted molar refractivity (Wildman–Crippen MR) is 93.6 cm³/mol. The van der Waals surface area contributed by atoms with Crippen LogP contribution in [0.15, 0.2) is 46.2 Å². The Bertz CT molecular complexity index is 1100. The molecule has 3 aromatic rings. The molecular weight excluding hydrogens is 344 g/mol. The van der Waals surface area contributed by atoms with Gasteiger partial charge in [-0.3, -0.25) is 13.9 Å². The fourth-order valence-corrected chi connectivity index (χ4v) is 3.60. The number of fused-ring (bicyclic) bond motifs is 1. The van der Waals surface area contributed by atoms with Crippen molar-refractivity contribution in [2.45, 2.75) is 18.2 Å². The maximum atomic E-state index is 12.7. The Morgan fingerprint density at radius 2 is 2.04 bits per heavy atom. The summed E-state index contributed by atoms with van der Waals surface area (Å²) < 4.78 is 35.7. The van der Waals surface area contributed by atoms with Crippen LogP contribution in [0.1, 0.15) is 12.7 Å². The Balaban J connectivity index is 2.08. The number of sulfonamides is 1. The summed E-state index contributed by atoms with van der Waals surface area (Å²) >= 11 is 0. The molecule has 0 spiro atoms. The first kappa shape index (κ1) is 17.0. The summed E-state index contributed by atoms with van der Waals surface area (Å²) in [7, 11) is -0.815. The van der Waals surface area contributed by atoms with Crippen LogP contribution in [-0.4, -0.2) is 29.7 Å². The molecule has 1 aromatic carbocycles. The molecule has 0 aliphatic carbocycles. The first-order chi connectivity index (χ1) is 11.9.